The van der Waals surface area contributed by atoms with Gasteiger partial charge in [-0.15, -0.1) is 0 Å². The molecule has 11 rings (SSSR count). The van der Waals surface area contributed by atoms with Crippen molar-refractivity contribution in [2.24, 2.45) is 0 Å². The van der Waals surface area contributed by atoms with Crippen molar-refractivity contribution < 1.29 is 9.47 Å². The molecule has 0 bridgehead atoms. The van der Waals surface area contributed by atoms with Gasteiger partial charge in [0.25, 0.3) is 0 Å². The fraction of sp³-hybridized carbons (Fsp3) is 0. The van der Waals surface area contributed by atoms with E-state index in [1.54, 1.807) is 0 Å². The molecule has 0 saturated heterocycles. The summed E-state index contributed by atoms with van der Waals surface area (Å²) in [7, 11) is 0. The Kier molecular flexibility index (Phi) is 5.23. The molecule has 4 nitrogen and oxygen atoms in total. The summed E-state index contributed by atoms with van der Waals surface area (Å²) in [6.45, 7) is 0. The number of rotatable bonds is 2. The van der Waals surface area contributed by atoms with Crippen LogP contribution in [0.1, 0.15) is 0 Å². The van der Waals surface area contributed by atoms with Crippen LogP contribution in [0.4, 0.5) is 0 Å². The molecule has 0 atom stereocenters. The number of hydrogen-bond acceptors (Lipinski definition) is 3. The lowest BCUT2D eigenvalue weighted by Crippen LogP contribution is -2.35. The van der Waals surface area contributed by atoms with Crippen molar-refractivity contribution in [1.82, 2.24) is 9.13 Å². The number of fused-ring (bicyclic) bond motifs is 10. The average Bonchev–Trinajstić information content (AvgIpc) is 3.64. The van der Waals surface area contributed by atoms with E-state index in [0.717, 1.165) is 72.4 Å². The first-order chi connectivity index (χ1) is 23.7. The quantitative estimate of drug-likeness (QED) is 0.174. The summed E-state index contributed by atoms with van der Waals surface area (Å²) in [5.41, 5.74) is 6.73. The third-order valence-corrected chi connectivity index (χ3v) is 14.9. The lowest BCUT2D eigenvalue weighted by molar-refractivity contribution is 0.466. The van der Waals surface area contributed by atoms with Gasteiger partial charge in [0, 0.05) is 55.7 Å². The van der Waals surface area contributed by atoms with E-state index in [0.29, 0.717) is 0 Å². The molecule has 6 heteroatoms. The van der Waals surface area contributed by atoms with Gasteiger partial charge in [-0.05, 0) is 60.7 Å². The van der Waals surface area contributed by atoms with Crippen LogP contribution in [-0.2, 0) is 11.8 Å². The minimum absolute atomic E-state index is 0.778. The van der Waals surface area contributed by atoms with Crippen molar-refractivity contribution in [2.75, 3.05) is 0 Å². The first-order valence-corrected chi connectivity index (χ1v) is 18.8. The second-order valence-electron chi connectivity index (χ2n) is 12.5. The molecule has 0 N–H and O–H groups in total. The van der Waals surface area contributed by atoms with Gasteiger partial charge in [0.1, 0.15) is 23.0 Å². The van der Waals surface area contributed by atoms with E-state index >= 15 is 0 Å². The Morgan fingerprint density at radius 1 is 0.396 bits per heavy atom. The number of nitrogens with zero attached hydrogens (tertiary/aromatic N) is 2. The molecule has 4 heterocycles. The summed E-state index contributed by atoms with van der Waals surface area (Å²) in [6.07, 6.45) is 0. The maximum absolute atomic E-state index is 6.89. The van der Waals surface area contributed by atoms with Gasteiger partial charge in [0.2, 0.25) is 0 Å². The molecule has 0 spiro atoms. The molecule has 0 unspecified atom stereocenters. The fourth-order valence-corrected chi connectivity index (χ4v) is 12.4. The van der Waals surface area contributed by atoms with Crippen LogP contribution in [0.15, 0.2) is 152 Å². The second kappa shape index (κ2) is 9.48. The van der Waals surface area contributed by atoms with Crippen molar-refractivity contribution in [2.45, 2.75) is 0 Å². The van der Waals surface area contributed by atoms with Crippen LogP contribution >= 0.6 is 6.04 Å². The van der Waals surface area contributed by atoms with Crippen LogP contribution in [0, 0.1) is 0 Å². The second-order valence-corrected chi connectivity index (χ2v) is 16.7. The van der Waals surface area contributed by atoms with Crippen molar-refractivity contribution in [3.8, 4) is 34.4 Å². The molecule has 0 radical (unpaired) electrons. The Balaban J connectivity index is 1.13. The molecule has 226 valence electrons. The van der Waals surface area contributed by atoms with Crippen molar-refractivity contribution in [3.63, 3.8) is 0 Å². The molecule has 7 aromatic carbocycles. The summed E-state index contributed by atoms with van der Waals surface area (Å²) in [5.74, 6) is 3.17. The lowest BCUT2D eigenvalue weighted by Gasteiger charge is -2.37. The van der Waals surface area contributed by atoms with E-state index in [1.807, 2.05) is 18.2 Å². The number of benzene rings is 7. The minimum atomic E-state index is -2.54. The zero-order valence-corrected chi connectivity index (χ0v) is 27.2. The van der Waals surface area contributed by atoms with Crippen LogP contribution in [0.5, 0.6) is 23.0 Å². The Morgan fingerprint density at radius 2 is 0.771 bits per heavy atom. The molecule has 0 fully saturated rings. The van der Waals surface area contributed by atoms with Gasteiger partial charge < -0.3 is 18.6 Å². The predicted molar refractivity (Wildman–Crippen MR) is 201 cm³/mol. The molecule has 0 amide bonds. The van der Waals surface area contributed by atoms with E-state index in [4.69, 9.17) is 21.3 Å². The Hall–Kier alpha value is -5.61. The molecule has 9 aromatic rings. The Bertz CT molecular complexity index is 2610. The number of para-hydroxylation sites is 4. The van der Waals surface area contributed by atoms with E-state index in [1.165, 1.54) is 21.5 Å². The van der Waals surface area contributed by atoms with Gasteiger partial charge in [-0.1, -0.05) is 90.7 Å². The largest absolute Gasteiger partial charge is 0.456 e. The fourth-order valence-electron chi connectivity index (χ4n) is 7.95. The van der Waals surface area contributed by atoms with Crippen molar-refractivity contribution in [3.05, 3.63) is 152 Å². The zero-order chi connectivity index (χ0) is 31.6. The third-order valence-electron chi connectivity index (χ3n) is 9.96. The Morgan fingerprint density at radius 3 is 1.17 bits per heavy atom. The van der Waals surface area contributed by atoms with Gasteiger partial charge >= 0.3 is 0 Å². The van der Waals surface area contributed by atoms with Crippen LogP contribution < -0.4 is 25.4 Å². The number of ether oxygens (including phenoxy) is 2. The van der Waals surface area contributed by atoms with Crippen LogP contribution in [-0.4, -0.2) is 9.13 Å². The van der Waals surface area contributed by atoms with Gasteiger partial charge in [-0.2, -0.15) is 0 Å². The first-order valence-electron chi connectivity index (χ1n) is 16.0. The zero-order valence-electron chi connectivity index (χ0n) is 25.5. The molecule has 0 aliphatic carbocycles. The maximum atomic E-state index is 6.89. The molecule has 2 aliphatic rings. The van der Waals surface area contributed by atoms with E-state index in [-0.39, 0.29) is 0 Å². The first kappa shape index (κ1) is 26.5. The summed E-state index contributed by atoms with van der Waals surface area (Å²) in [5, 5.41) is 8.01. The van der Waals surface area contributed by atoms with Gasteiger partial charge in [0.15, 0.2) is 0 Å². The van der Waals surface area contributed by atoms with Crippen LogP contribution in [0.2, 0.25) is 0 Å². The van der Waals surface area contributed by atoms with Gasteiger partial charge in [-0.3, -0.25) is 0 Å². The molecular formula is C42H25N2O2PS. The smallest absolute Gasteiger partial charge is 0.140 e. The van der Waals surface area contributed by atoms with E-state index in [9.17, 15) is 0 Å². The SMILES string of the molecule is S=P12c3ccc(-n4c5ccccc5c5ccccc54)cc3Oc3cccc(c31)Oc1cc(-n3c4ccccc4c4ccccc43)ccc12. The van der Waals surface area contributed by atoms with E-state index in [2.05, 4.69) is 143 Å². The van der Waals surface area contributed by atoms with Gasteiger partial charge in [0.05, 0.1) is 33.4 Å². The Labute approximate surface area is 281 Å². The normalized spacial score (nSPS) is 14.0. The molecule has 0 saturated carbocycles. The van der Waals surface area contributed by atoms with Crippen molar-refractivity contribution in [1.29, 1.82) is 0 Å². The topological polar surface area (TPSA) is 28.3 Å². The summed E-state index contributed by atoms with van der Waals surface area (Å²) in [4.78, 5) is 0. The average molecular weight is 653 g/mol. The van der Waals surface area contributed by atoms with Crippen molar-refractivity contribution >= 4 is 77.4 Å². The third kappa shape index (κ3) is 3.37. The highest BCUT2D eigenvalue weighted by Crippen LogP contribution is 2.59. The number of aromatic nitrogens is 2. The predicted octanol–water partition coefficient (Wildman–Crippen LogP) is 9.85. The van der Waals surface area contributed by atoms with E-state index < -0.39 is 6.04 Å². The highest BCUT2D eigenvalue weighted by Gasteiger charge is 2.42. The lowest BCUT2D eigenvalue weighted by atomic mass is 10.2. The highest BCUT2D eigenvalue weighted by molar-refractivity contribution is 8.26. The van der Waals surface area contributed by atoms with Gasteiger partial charge in [-0.25, -0.2) is 0 Å². The summed E-state index contributed by atoms with van der Waals surface area (Å²) in [6, 6.07) is 50.9. The van der Waals surface area contributed by atoms with Crippen LogP contribution in [0.25, 0.3) is 55.0 Å². The standard InChI is InChI=1S/C42H25N2O2PS/c48-47-40-22-20-26(43-32-14-5-1-10-28(32)29-11-2-6-15-33(29)43)24-38(40)45-36-18-9-19-37(42(36)47)46-39-25-27(21-23-41(39)47)44-34-16-7-3-12-30(34)31-13-4-8-17-35(31)44/h1-25H. The number of hydrogen-bond donors (Lipinski definition) is 0. The molecule has 48 heavy (non-hydrogen) atoms. The molecule has 2 aromatic heterocycles. The molecule has 2 aliphatic heterocycles. The highest BCUT2D eigenvalue weighted by atomic mass is 32.4. The van der Waals surface area contributed by atoms with Crippen LogP contribution in [0.3, 0.4) is 0 Å². The summed E-state index contributed by atoms with van der Waals surface area (Å²) >= 11 is 6.89. The minimum Gasteiger partial charge on any atom is -0.456 e. The molecular weight excluding hydrogens is 628 g/mol. The maximum Gasteiger partial charge on any atom is 0.140 e. The summed E-state index contributed by atoms with van der Waals surface area (Å²) < 4.78 is 18.1. The monoisotopic (exact) mass is 652 g/mol.